The maximum absolute atomic E-state index is 11.1. The fraction of sp³-hybridized carbons (Fsp3) is 0.545. The highest BCUT2D eigenvalue weighted by molar-refractivity contribution is 5.71. The van der Waals surface area contributed by atoms with Crippen molar-refractivity contribution in [3.05, 3.63) is 23.5 Å². The summed E-state index contributed by atoms with van der Waals surface area (Å²) in [6.45, 7) is 1.05. The van der Waals surface area contributed by atoms with Gasteiger partial charge in [0.05, 0.1) is 13.5 Å². The molecule has 0 bridgehead atoms. The molecule has 0 aromatic carbocycles. The summed E-state index contributed by atoms with van der Waals surface area (Å²) in [6, 6.07) is 4.16. The van der Waals surface area contributed by atoms with E-state index in [0.29, 0.717) is 6.42 Å². The van der Waals surface area contributed by atoms with Crippen LogP contribution in [0.25, 0.3) is 0 Å². The molecule has 1 aromatic heterocycles. The Kier molecular flexibility index (Phi) is 2.57. The van der Waals surface area contributed by atoms with Crippen LogP contribution < -0.4 is 0 Å². The van der Waals surface area contributed by atoms with Crippen LogP contribution in [0.15, 0.2) is 12.1 Å². The molecule has 1 aliphatic heterocycles. The van der Waals surface area contributed by atoms with Crippen LogP contribution in [0.2, 0.25) is 0 Å². The first-order valence-electron chi connectivity index (χ1n) is 5.05. The summed E-state index contributed by atoms with van der Waals surface area (Å²) in [7, 11) is 1.43. The summed E-state index contributed by atoms with van der Waals surface area (Å²) >= 11 is 0. The molecule has 1 aromatic rings. The van der Waals surface area contributed by atoms with Crippen molar-refractivity contribution in [1.29, 1.82) is 0 Å². The highest BCUT2D eigenvalue weighted by Crippen LogP contribution is 2.19. The standard InChI is InChI=1S/C11H15NO2/c1-14-11(13)8-10-6-5-9-4-2-3-7-12(9)10/h5-6H,2-4,7-8H2,1H3. The monoisotopic (exact) mass is 193 g/mol. The molecule has 0 fully saturated rings. The van der Waals surface area contributed by atoms with Crippen LogP contribution >= 0.6 is 0 Å². The lowest BCUT2D eigenvalue weighted by Crippen LogP contribution is -2.15. The molecule has 3 nitrogen and oxygen atoms in total. The van der Waals surface area contributed by atoms with Crippen LogP contribution in [0, 0.1) is 0 Å². The van der Waals surface area contributed by atoms with Gasteiger partial charge in [-0.05, 0) is 31.4 Å². The van der Waals surface area contributed by atoms with Gasteiger partial charge < -0.3 is 9.30 Å². The predicted octanol–water partition coefficient (Wildman–Crippen LogP) is 1.54. The van der Waals surface area contributed by atoms with E-state index in [1.165, 1.54) is 25.6 Å². The lowest BCUT2D eigenvalue weighted by molar-refractivity contribution is -0.139. The van der Waals surface area contributed by atoms with Crippen molar-refractivity contribution < 1.29 is 9.53 Å². The van der Waals surface area contributed by atoms with Gasteiger partial charge in [-0.15, -0.1) is 0 Å². The lowest BCUT2D eigenvalue weighted by Gasteiger charge is -2.17. The average molecular weight is 193 g/mol. The van der Waals surface area contributed by atoms with Crippen molar-refractivity contribution >= 4 is 5.97 Å². The zero-order valence-corrected chi connectivity index (χ0v) is 8.45. The lowest BCUT2D eigenvalue weighted by atomic mass is 10.1. The number of fused-ring (bicyclic) bond motifs is 1. The molecule has 0 saturated carbocycles. The van der Waals surface area contributed by atoms with Crippen LogP contribution in [-0.4, -0.2) is 17.6 Å². The van der Waals surface area contributed by atoms with Gasteiger partial charge in [0, 0.05) is 17.9 Å². The SMILES string of the molecule is COC(=O)Cc1ccc2n1CCCC2. The van der Waals surface area contributed by atoms with E-state index in [2.05, 4.69) is 15.4 Å². The molecule has 0 unspecified atom stereocenters. The highest BCUT2D eigenvalue weighted by atomic mass is 16.5. The fourth-order valence-electron chi connectivity index (χ4n) is 2.01. The molecule has 2 heterocycles. The number of aromatic nitrogens is 1. The van der Waals surface area contributed by atoms with E-state index in [9.17, 15) is 4.79 Å². The first-order valence-corrected chi connectivity index (χ1v) is 5.05. The minimum absolute atomic E-state index is 0.156. The Morgan fingerprint density at radius 1 is 1.50 bits per heavy atom. The van der Waals surface area contributed by atoms with Gasteiger partial charge in [0.2, 0.25) is 0 Å². The zero-order valence-electron chi connectivity index (χ0n) is 8.45. The van der Waals surface area contributed by atoms with Crippen LogP contribution in [0.1, 0.15) is 24.2 Å². The van der Waals surface area contributed by atoms with Crippen molar-refractivity contribution in [1.82, 2.24) is 4.57 Å². The number of nitrogens with zero attached hydrogens (tertiary/aromatic N) is 1. The Hall–Kier alpha value is -1.25. The molecule has 14 heavy (non-hydrogen) atoms. The van der Waals surface area contributed by atoms with E-state index < -0.39 is 0 Å². The normalized spacial score (nSPS) is 14.9. The second-order valence-electron chi connectivity index (χ2n) is 3.68. The van der Waals surface area contributed by atoms with Gasteiger partial charge in [-0.3, -0.25) is 4.79 Å². The summed E-state index contributed by atoms with van der Waals surface area (Å²) in [5.74, 6) is -0.156. The zero-order chi connectivity index (χ0) is 9.97. The molecule has 76 valence electrons. The van der Waals surface area contributed by atoms with E-state index >= 15 is 0 Å². The molecular weight excluding hydrogens is 178 g/mol. The quantitative estimate of drug-likeness (QED) is 0.667. The Bertz CT molecular complexity index is 341. The van der Waals surface area contributed by atoms with E-state index in [1.54, 1.807) is 0 Å². The maximum atomic E-state index is 11.1. The fourth-order valence-corrected chi connectivity index (χ4v) is 2.01. The third-order valence-electron chi connectivity index (χ3n) is 2.78. The minimum atomic E-state index is -0.156. The third-order valence-corrected chi connectivity index (χ3v) is 2.78. The number of hydrogen-bond acceptors (Lipinski definition) is 2. The number of carbonyl (C=O) groups excluding carboxylic acids is 1. The van der Waals surface area contributed by atoms with Crippen LogP contribution in [0.4, 0.5) is 0 Å². The molecule has 3 heteroatoms. The predicted molar refractivity (Wildman–Crippen MR) is 53.1 cm³/mol. The van der Waals surface area contributed by atoms with Crippen molar-refractivity contribution in [2.45, 2.75) is 32.2 Å². The Labute approximate surface area is 83.7 Å². The number of esters is 1. The van der Waals surface area contributed by atoms with Crippen molar-refractivity contribution in [2.75, 3.05) is 7.11 Å². The number of methoxy groups -OCH3 is 1. The van der Waals surface area contributed by atoms with Gasteiger partial charge >= 0.3 is 5.97 Å². The first-order chi connectivity index (χ1) is 6.81. The number of carbonyl (C=O) groups is 1. The first kappa shape index (κ1) is 9.31. The number of rotatable bonds is 2. The topological polar surface area (TPSA) is 31.2 Å². The summed E-state index contributed by atoms with van der Waals surface area (Å²) in [5, 5.41) is 0. The van der Waals surface area contributed by atoms with Gasteiger partial charge in [0.15, 0.2) is 0 Å². The average Bonchev–Trinajstić information content (AvgIpc) is 2.62. The van der Waals surface area contributed by atoms with E-state index in [0.717, 1.165) is 18.7 Å². The summed E-state index contributed by atoms with van der Waals surface area (Å²) in [6.07, 6.45) is 4.02. The van der Waals surface area contributed by atoms with Crippen molar-refractivity contribution in [2.24, 2.45) is 0 Å². The van der Waals surface area contributed by atoms with Crippen LogP contribution in [0.5, 0.6) is 0 Å². The summed E-state index contributed by atoms with van der Waals surface area (Å²) < 4.78 is 6.91. The second kappa shape index (κ2) is 3.86. The molecule has 1 aliphatic rings. The smallest absolute Gasteiger partial charge is 0.311 e. The maximum Gasteiger partial charge on any atom is 0.311 e. The van der Waals surface area contributed by atoms with Crippen molar-refractivity contribution in [3.63, 3.8) is 0 Å². The largest absolute Gasteiger partial charge is 0.469 e. The van der Waals surface area contributed by atoms with Gasteiger partial charge in [-0.25, -0.2) is 0 Å². The molecule has 0 aliphatic carbocycles. The van der Waals surface area contributed by atoms with E-state index in [-0.39, 0.29) is 5.97 Å². The summed E-state index contributed by atoms with van der Waals surface area (Å²) in [4.78, 5) is 11.1. The van der Waals surface area contributed by atoms with Crippen LogP contribution in [-0.2, 0) is 28.9 Å². The van der Waals surface area contributed by atoms with E-state index in [1.807, 2.05) is 6.07 Å². The molecule has 2 rings (SSSR count). The molecule has 0 N–H and O–H groups in total. The second-order valence-corrected chi connectivity index (χ2v) is 3.68. The van der Waals surface area contributed by atoms with E-state index in [4.69, 9.17) is 0 Å². The Balaban J connectivity index is 2.18. The van der Waals surface area contributed by atoms with Gasteiger partial charge in [-0.2, -0.15) is 0 Å². The molecule has 0 atom stereocenters. The van der Waals surface area contributed by atoms with Crippen molar-refractivity contribution in [3.8, 4) is 0 Å². The van der Waals surface area contributed by atoms with Crippen LogP contribution in [0.3, 0.4) is 0 Å². The number of hydrogen-bond donors (Lipinski definition) is 0. The molecule has 0 spiro atoms. The Morgan fingerprint density at radius 2 is 2.36 bits per heavy atom. The third kappa shape index (κ3) is 1.67. The van der Waals surface area contributed by atoms with Gasteiger partial charge in [0.25, 0.3) is 0 Å². The highest BCUT2D eigenvalue weighted by Gasteiger charge is 2.14. The Morgan fingerprint density at radius 3 is 3.14 bits per heavy atom. The molecule has 0 amide bonds. The molecule has 0 saturated heterocycles. The number of ether oxygens (including phenoxy) is 1. The number of aryl methyl sites for hydroxylation is 1. The minimum Gasteiger partial charge on any atom is -0.469 e. The van der Waals surface area contributed by atoms with Gasteiger partial charge in [-0.1, -0.05) is 0 Å². The summed E-state index contributed by atoms with van der Waals surface area (Å²) in [5.41, 5.74) is 2.45. The molecular formula is C11H15NO2. The molecule has 0 radical (unpaired) electrons. The van der Waals surface area contributed by atoms with Gasteiger partial charge in [0.1, 0.15) is 0 Å².